The van der Waals surface area contributed by atoms with Crippen molar-refractivity contribution in [3.63, 3.8) is 0 Å². The molecule has 2 aliphatic heterocycles. The van der Waals surface area contributed by atoms with Crippen LogP contribution in [-0.4, -0.2) is 55.5 Å². The number of morpholine rings is 1. The maximum atomic E-state index is 13.8. The number of benzene rings is 1. The Morgan fingerprint density at radius 1 is 1.12 bits per heavy atom. The molecule has 1 unspecified atom stereocenters. The molecule has 9 heteroatoms. The number of carbonyl (C=O) groups excluding carboxylic acids is 2. The second kappa shape index (κ2) is 8.83. The summed E-state index contributed by atoms with van der Waals surface area (Å²) >= 11 is 0. The van der Waals surface area contributed by atoms with Gasteiger partial charge < -0.3 is 15.0 Å². The van der Waals surface area contributed by atoms with Gasteiger partial charge >= 0.3 is 0 Å². The normalized spacial score (nSPS) is 21.2. The van der Waals surface area contributed by atoms with Crippen molar-refractivity contribution in [1.29, 1.82) is 0 Å². The van der Waals surface area contributed by atoms with Crippen LogP contribution in [0.2, 0.25) is 0 Å². The quantitative estimate of drug-likeness (QED) is 0.799. The molecule has 1 N–H and O–H groups in total. The number of nitrogens with one attached hydrogen (secondary N) is 1. The fourth-order valence-electron chi connectivity index (χ4n) is 3.27. The standard InChI is InChI=1S/C17H19F3N2O3.ClH/c18-11-7-12(19)15(13(20)8-11)16(23)10-1-4-22(5-2-10)17(24)14-9-21-3-6-25-14;/h7-8,10,14,21H,1-6,9H2;1H. The van der Waals surface area contributed by atoms with E-state index in [0.29, 0.717) is 57.8 Å². The molecule has 2 saturated heterocycles. The van der Waals surface area contributed by atoms with E-state index in [1.165, 1.54) is 0 Å². The third-order valence-corrected chi connectivity index (χ3v) is 4.63. The predicted octanol–water partition coefficient (Wildman–Crippen LogP) is 1.94. The first-order chi connectivity index (χ1) is 12.0. The van der Waals surface area contributed by atoms with Gasteiger partial charge in [0.05, 0.1) is 12.2 Å². The highest BCUT2D eigenvalue weighted by molar-refractivity contribution is 5.98. The van der Waals surface area contributed by atoms with Crippen molar-refractivity contribution in [3.05, 3.63) is 35.1 Å². The molecule has 26 heavy (non-hydrogen) atoms. The van der Waals surface area contributed by atoms with E-state index in [9.17, 15) is 22.8 Å². The van der Waals surface area contributed by atoms with Gasteiger partial charge in [-0.1, -0.05) is 0 Å². The van der Waals surface area contributed by atoms with Crippen molar-refractivity contribution < 1.29 is 27.5 Å². The zero-order chi connectivity index (χ0) is 18.0. The number of ether oxygens (including phenoxy) is 1. The third kappa shape index (κ3) is 4.36. The number of carbonyl (C=O) groups is 2. The van der Waals surface area contributed by atoms with Crippen molar-refractivity contribution in [2.24, 2.45) is 5.92 Å². The Morgan fingerprint density at radius 2 is 1.73 bits per heavy atom. The lowest BCUT2D eigenvalue weighted by molar-refractivity contribution is -0.146. The van der Waals surface area contributed by atoms with Crippen LogP contribution in [0.25, 0.3) is 0 Å². The minimum absolute atomic E-state index is 0. The molecule has 1 aromatic rings. The van der Waals surface area contributed by atoms with E-state index in [0.717, 1.165) is 0 Å². The molecule has 2 fully saturated rings. The van der Waals surface area contributed by atoms with Gasteiger partial charge in [0.2, 0.25) is 0 Å². The van der Waals surface area contributed by atoms with Crippen LogP contribution < -0.4 is 5.32 Å². The number of ketones is 1. The number of rotatable bonds is 3. The number of hydrogen-bond donors (Lipinski definition) is 1. The maximum absolute atomic E-state index is 13.8. The molecule has 2 heterocycles. The zero-order valence-electron chi connectivity index (χ0n) is 14.0. The van der Waals surface area contributed by atoms with Crippen LogP contribution in [-0.2, 0) is 9.53 Å². The van der Waals surface area contributed by atoms with Gasteiger partial charge in [-0.3, -0.25) is 9.59 Å². The highest BCUT2D eigenvalue weighted by Gasteiger charge is 2.34. The lowest BCUT2D eigenvalue weighted by Crippen LogP contribution is -2.51. The molecule has 0 saturated carbocycles. The zero-order valence-corrected chi connectivity index (χ0v) is 14.8. The average molecular weight is 393 g/mol. The van der Waals surface area contributed by atoms with Crippen LogP contribution in [0, 0.1) is 23.4 Å². The van der Waals surface area contributed by atoms with E-state index in [1.807, 2.05) is 0 Å². The number of likely N-dealkylation sites (tertiary alicyclic amines) is 1. The molecular formula is C17H20ClF3N2O3. The highest BCUT2D eigenvalue weighted by atomic mass is 35.5. The summed E-state index contributed by atoms with van der Waals surface area (Å²) in [5.41, 5.74) is -0.703. The van der Waals surface area contributed by atoms with Gasteiger partial charge in [0.15, 0.2) is 5.78 Å². The fourth-order valence-corrected chi connectivity index (χ4v) is 3.27. The van der Waals surface area contributed by atoms with E-state index in [-0.39, 0.29) is 18.3 Å². The molecule has 1 atom stereocenters. The number of amides is 1. The van der Waals surface area contributed by atoms with Gasteiger partial charge in [-0.15, -0.1) is 12.4 Å². The molecule has 0 aliphatic carbocycles. The Bertz CT molecular complexity index is 652. The number of hydrogen-bond acceptors (Lipinski definition) is 4. The smallest absolute Gasteiger partial charge is 0.253 e. The number of nitrogens with zero attached hydrogens (tertiary/aromatic N) is 1. The van der Waals surface area contributed by atoms with Crippen LogP contribution in [0.1, 0.15) is 23.2 Å². The van der Waals surface area contributed by atoms with Crippen LogP contribution in [0.4, 0.5) is 13.2 Å². The Morgan fingerprint density at radius 3 is 2.27 bits per heavy atom. The molecule has 0 bridgehead atoms. The molecule has 144 valence electrons. The highest BCUT2D eigenvalue weighted by Crippen LogP contribution is 2.26. The lowest BCUT2D eigenvalue weighted by atomic mass is 9.88. The van der Waals surface area contributed by atoms with Gasteiger partial charge in [0, 0.05) is 44.2 Å². The first kappa shape index (κ1) is 20.7. The Balaban J connectivity index is 0.00000243. The van der Waals surface area contributed by atoms with E-state index in [4.69, 9.17) is 4.74 Å². The van der Waals surface area contributed by atoms with Crippen LogP contribution in [0.3, 0.4) is 0 Å². The van der Waals surface area contributed by atoms with Crippen LogP contribution in [0.5, 0.6) is 0 Å². The Labute approximate surface area is 155 Å². The van der Waals surface area contributed by atoms with Crippen molar-refractivity contribution in [3.8, 4) is 0 Å². The summed E-state index contributed by atoms with van der Waals surface area (Å²) in [5, 5.41) is 3.08. The topological polar surface area (TPSA) is 58.6 Å². The fraction of sp³-hybridized carbons (Fsp3) is 0.529. The second-order valence-corrected chi connectivity index (χ2v) is 6.27. The Kier molecular flexibility index (Phi) is 7.02. The third-order valence-electron chi connectivity index (χ3n) is 4.63. The summed E-state index contributed by atoms with van der Waals surface area (Å²) in [7, 11) is 0. The van der Waals surface area contributed by atoms with E-state index in [2.05, 4.69) is 5.32 Å². The largest absolute Gasteiger partial charge is 0.366 e. The van der Waals surface area contributed by atoms with Gasteiger partial charge in [-0.2, -0.15) is 0 Å². The maximum Gasteiger partial charge on any atom is 0.253 e. The van der Waals surface area contributed by atoms with Gasteiger partial charge in [0.1, 0.15) is 23.6 Å². The molecule has 1 amide bonds. The molecule has 3 rings (SSSR count). The average Bonchev–Trinajstić information content (AvgIpc) is 2.61. The van der Waals surface area contributed by atoms with Gasteiger partial charge in [-0.05, 0) is 12.8 Å². The van der Waals surface area contributed by atoms with Crippen LogP contribution >= 0.6 is 12.4 Å². The monoisotopic (exact) mass is 392 g/mol. The molecule has 0 aromatic heterocycles. The minimum Gasteiger partial charge on any atom is -0.366 e. The summed E-state index contributed by atoms with van der Waals surface area (Å²) in [4.78, 5) is 26.4. The minimum atomic E-state index is -1.19. The first-order valence-electron chi connectivity index (χ1n) is 8.27. The number of Topliss-reactive ketones (excluding diaryl/α,β-unsaturated/α-hetero) is 1. The predicted molar refractivity (Wildman–Crippen MR) is 89.8 cm³/mol. The summed E-state index contributed by atoms with van der Waals surface area (Å²) < 4.78 is 46.0. The summed E-state index contributed by atoms with van der Waals surface area (Å²) in [6.45, 7) is 2.26. The SMILES string of the molecule is Cl.O=C(c1c(F)cc(F)cc1F)C1CCN(C(=O)C2CNCCO2)CC1. The van der Waals surface area contributed by atoms with E-state index in [1.54, 1.807) is 4.90 Å². The molecular weight excluding hydrogens is 373 g/mol. The molecule has 2 aliphatic rings. The second-order valence-electron chi connectivity index (χ2n) is 6.27. The summed E-state index contributed by atoms with van der Waals surface area (Å²) in [6, 6.07) is 1.00. The van der Waals surface area contributed by atoms with Crippen LogP contribution in [0.15, 0.2) is 12.1 Å². The van der Waals surface area contributed by atoms with E-state index < -0.39 is 40.8 Å². The summed E-state index contributed by atoms with van der Waals surface area (Å²) in [6.07, 6.45) is 0.0788. The summed E-state index contributed by atoms with van der Waals surface area (Å²) in [5.74, 6) is -4.86. The molecule has 0 radical (unpaired) electrons. The molecule has 0 spiro atoms. The lowest BCUT2D eigenvalue weighted by Gasteiger charge is -2.34. The van der Waals surface area contributed by atoms with Crippen molar-refractivity contribution >= 4 is 24.1 Å². The number of halogens is 4. The molecule has 1 aromatic carbocycles. The van der Waals surface area contributed by atoms with Crippen molar-refractivity contribution in [2.45, 2.75) is 18.9 Å². The van der Waals surface area contributed by atoms with Crippen molar-refractivity contribution in [2.75, 3.05) is 32.8 Å². The van der Waals surface area contributed by atoms with Gasteiger partial charge in [-0.25, -0.2) is 13.2 Å². The van der Waals surface area contributed by atoms with Crippen molar-refractivity contribution in [1.82, 2.24) is 10.2 Å². The van der Waals surface area contributed by atoms with E-state index >= 15 is 0 Å². The number of piperidine rings is 1. The molecule has 5 nitrogen and oxygen atoms in total. The first-order valence-corrected chi connectivity index (χ1v) is 8.27. The van der Waals surface area contributed by atoms with Gasteiger partial charge in [0.25, 0.3) is 5.91 Å². The Hall–Kier alpha value is -1.64.